The minimum atomic E-state index is -4.72. The monoisotopic (exact) mass is 302 g/mol. The number of amides is 1. The van der Waals surface area contributed by atoms with Crippen LogP contribution in [0.25, 0.3) is 0 Å². The fourth-order valence-electron chi connectivity index (χ4n) is 2.38. The molecule has 0 saturated carbocycles. The number of nitrogens with one attached hydrogen (secondary N) is 1. The summed E-state index contributed by atoms with van der Waals surface area (Å²) in [6, 6.07) is 5.27. The largest absolute Gasteiger partial charge is 0.573 e. The number of carbonyl (C=O) groups is 1. The van der Waals surface area contributed by atoms with Crippen molar-refractivity contribution in [3.8, 4) is 5.75 Å². The molecule has 1 heterocycles. The maximum absolute atomic E-state index is 12.3. The van der Waals surface area contributed by atoms with Crippen molar-refractivity contribution < 1.29 is 22.7 Å². The van der Waals surface area contributed by atoms with E-state index in [0.717, 1.165) is 25.0 Å². The number of carbonyl (C=O) groups excluding carboxylic acids is 1. The van der Waals surface area contributed by atoms with E-state index in [4.69, 9.17) is 0 Å². The molecule has 1 fully saturated rings. The van der Waals surface area contributed by atoms with Crippen molar-refractivity contribution in [2.45, 2.75) is 25.2 Å². The number of halogens is 3. The van der Waals surface area contributed by atoms with Crippen LogP contribution in [0.5, 0.6) is 5.75 Å². The second-order valence-electron chi connectivity index (χ2n) is 4.95. The summed E-state index contributed by atoms with van der Waals surface area (Å²) in [6.45, 7) is 1.27. The fraction of sp³-hybridized carbons (Fsp3) is 0.500. The molecular formula is C14H17F3N2O2. The minimum Gasteiger partial charge on any atom is -0.406 e. The molecule has 1 aromatic rings. The Kier molecular flexibility index (Phi) is 4.72. The van der Waals surface area contributed by atoms with Gasteiger partial charge in [0.2, 0.25) is 0 Å². The van der Waals surface area contributed by atoms with Gasteiger partial charge >= 0.3 is 6.36 Å². The zero-order valence-corrected chi connectivity index (χ0v) is 11.6. The van der Waals surface area contributed by atoms with Gasteiger partial charge in [-0.2, -0.15) is 0 Å². The van der Waals surface area contributed by atoms with Gasteiger partial charge in [-0.25, -0.2) is 0 Å². The van der Waals surface area contributed by atoms with Gasteiger partial charge < -0.3 is 15.0 Å². The molecule has 1 aliphatic heterocycles. The second-order valence-corrected chi connectivity index (χ2v) is 4.95. The number of likely N-dealkylation sites (N-methyl/N-ethyl adjacent to an activating group) is 1. The number of piperidine rings is 1. The van der Waals surface area contributed by atoms with Crippen LogP contribution in [-0.2, 0) is 0 Å². The average Bonchev–Trinajstić information content (AvgIpc) is 2.46. The van der Waals surface area contributed by atoms with Crippen molar-refractivity contribution in [1.82, 2.24) is 10.2 Å². The van der Waals surface area contributed by atoms with E-state index < -0.39 is 6.36 Å². The van der Waals surface area contributed by atoms with Gasteiger partial charge in [0.25, 0.3) is 5.91 Å². The molecule has 4 nitrogen and oxygen atoms in total. The first kappa shape index (κ1) is 15.6. The maximum Gasteiger partial charge on any atom is 0.573 e. The first-order valence-electron chi connectivity index (χ1n) is 6.71. The highest BCUT2D eigenvalue weighted by Crippen LogP contribution is 2.23. The van der Waals surface area contributed by atoms with E-state index in [1.807, 2.05) is 7.05 Å². The maximum atomic E-state index is 12.3. The second kappa shape index (κ2) is 6.34. The summed E-state index contributed by atoms with van der Waals surface area (Å²) >= 11 is 0. The molecule has 1 aliphatic rings. The van der Waals surface area contributed by atoms with Gasteiger partial charge in [-0.3, -0.25) is 4.79 Å². The molecular weight excluding hydrogens is 285 g/mol. The summed E-state index contributed by atoms with van der Waals surface area (Å²) in [5, 5.41) is 3.14. The van der Waals surface area contributed by atoms with Gasteiger partial charge in [0.15, 0.2) is 0 Å². The van der Waals surface area contributed by atoms with Gasteiger partial charge in [-0.05, 0) is 44.2 Å². The minimum absolute atomic E-state index is 0.173. The molecule has 0 unspecified atom stereocenters. The third-order valence-electron chi connectivity index (χ3n) is 3.45. The van der Waals surface area contributed by atoms with E-state index in [1.165, 1.54) is 12.1 Å². The predicted molar refractivity (Wildman–Crippen MR) is 71.1 cm³/mol. The van der Waals surface area contributed by atoms with Crippen LogP contribution in [0.15, 0.2) is 24.3 Å². The summed E-state index contributed by atoms with van der Waals surface area (Å²) in [5.74, 6) is -0.501. The molecule has 1 N–H and O–H groups in total. The summed E-state index contributed by atoms with van der Waals surface area (Å²) < 4.78 is 40.0. The Hall–Kier alpha value is -1.76. The van der Waals surface area contributed by atoms with E-state index in [1.54, 1.807) is 4.90 Å². The van der Waals surface area contributed by atoms with E-state index in [-0.39, 0.29) is 17.7 Å². The lowest BCUT2D eigenvalue weighted by molar-refractivity contribution is -0.274. The van der Waals surface area contributed by atoms with Crippen LogP contribution in [0.2, 0.25) is 0 Å². The number of nitrogens with zero attached hydrogens (tertiary/aromatic N) is 1. The number of rotatable bonds is 3. The molecule has 0 bridgehead atoms. The molecule has 0 aliphatic carbocycles. The van der Waals surface area contributed by atoms with Gasteiger partial charge in [-0.15, -0.1) is 13.2 Å². The number of likely N-dealkylation sites (tertiary alicyclic amines) is 1. The molecule has 7 heteroatoms. The summed E-state index contributed by atoms with van der Waals surface area (Å²) in [5.41, 5.74) is 0.362. The van der Waals surface area contributed by atoms with E-state index in [9.17, 15) is 18.0 Å². The zero-order valence-electron chi connectivity index (χ0n) is 11.6. The van der Waals surface area contributed by atoms with Gasteiger partial charge in [0.1, 0.15) is 5.75 Å². The van der Waals surface area contributed by atoms with Crippen molar-refractivity contribution in [2.75, 3.05) is 20.1 Å². The molecule has 1 amide bonds. The number of ether oxygens (including phenoxy) is 1. The topological polar surface area (TPSA) is 41.6 Å². The number of benzene rings is 1. The quantitative estimate of drug-likeness (QED) is 0.932. The number of alkyl halides is 3. The van der Waals surface area contributed by atoms with Crippen molar-refractivity contribution >= 4 is 5.91 Å². The van der Waals surface area contributed by atoms with Gasteiger partial charge in [-0.1, -0.05) is 0 Å². The number of hydrogen-bond acceptors (Lipinski definition) is 3. The Morgan fingerprint density at radius 3 is 2.57 bits per heavy atom. The third-order valence-corrected chi connectivity index (χ3v) is 3.45. The zero-order chi connectivity index (χ0) is 15.5. The van der Waals surface area contributed by atoms with Crippen molar-refractivity contribution in [3.05, 3.63) is 29.8 Å². The Morgan fingerprint density at radius 1 is 1.33 bits per heavy atom. The number of hydrogen-bond donors (Lipinski definition) is 1. The van der Waals surface area contributed by atoms with Gasteiger partial charge in [0, 0.05) is 24.7 Å². The molecule has 21 heavy (non-hydrogen) atoms. The SMILES string of the molecule is CN[C@@H]1CCCN(C(=O)c2ccc(OC(F)(F)F)cc2)C1. The molecule has 0 aromatic heterocycles. The molecule has 116 valence electrons. The van der Waals surface area contributed by atoms with Crippen molar-refractivity contribution in [2.24, 2.45) is 0 Å². The lowest BCUT2D eigenvalue weighted by atomic mass is 10.0. The Bertz CT molecular complexity index is 488. The lowest BCUT2D eigenvalue weighted by Gasteiger charge is -2.32. The smallest absolute Gasteiger partial charge is 0.406 e. The third kappa shape index (κ3) is 4.35. The summed E-state index contributed by atoms with van der Waals surface area (Å²) in [6.07, 6.45) is -2.80. The normalized spacial score (nSPS) is 19.4. The van der Waals surface area contributed by atoms with Crippen LogP contribution in [0, 0.1) is 0 Å². The molecule has 1 saturated heterocycles. The van der Waals surface area contributed by atoms with Crippen LogP contribution in [0.1, 0.15) is 23.2 Å². The van der Waals surface area contributed by atoms with Crippen LogP contribution < -0.4 is 10.1 Å². The molecule has 2 rings (SSSR count). The van der Waals surface area contributed by atoms with Crippen LogP contribution >= 0.6 is 0 Å². The average molecular weight is 302 g/mol. The summed E-state index contributed by atoms with van der Waals surface area (Å²) in [4.78, 5) is 14.0. The molecule has 0 spiro atoms. The Morgan fingerprint density at radius 2 is 2.00 bits per heavy atom. The Balaban J connectivity index is 2.02. The molecule has 1 aromatic carbocycles. The van der Waals surface area contributed by atoms with E-state index in [0.29, 0.717) is 18.7 Å². The highest BCUT2D eigenvalue weighted by molar-refractivity contribution is 5.94. The predicted octanol–water partition coefficient (Wildman–Crippen LogP) is 2.41. The first-order valence-corrected chi connectivity index (χ1v) is 6.71. The summed E-state index contributed by atoms with van der Waals surface area (Å²) in [7, 11) is 1.85. The van der Waals surface area contributed by atoms with Crippen LogP contribution in [0.4, 0.5) is 13.2 Å². The van der Waals surface area contributed by atoms with Crippen molar-refractivity contribution in [3.63, 3.8) is 0 Å². The van der Waals surface area contributed by atoms with Crippen LogP contribution in [0.3, 0.4) is 0 Å². The molecule has 0 radical (unpaired) electrons. The Labute approximate surface area is 120 Å². The van der Waals surface area contributed by atoms with Gasteiger partial charge in [0.05, 0.1) is 0 Å². The lowest BCUT2D eigenvalue weighted by Crippen LogP contribution is -2.46. The highest BCUT2D eigenvalue weighted by atomic mass is 19.4. The van der Waals surface area contributed by atoms with Crippen molar-refractivity contribution in [1.29, 1.82) is 0 Å². The standard InChI is InChI=1S/C14H17F3N2O2/c1-18-11-3-2-8-19(9-11)13(20)10-4-6-12(7-5-10)21-14(15,16)17/h4-7,11,18H,2-3,8-9H2,1H3/t11-/m1/s1. The first-order chi connectivity index (χ1) is 9.89. The molecule has 1 atom stereocenters. The van der Waals surface area contributed by atoms with E-state index >= 15 is 0 Å². The van der Waals surface area contributed by atoms with Crippen LogP contribution in [-0.4, -0.2) is 43.3 Å². The van der Waals surface area contributed by atoms with E-state index in [2.05, 4.69) is 10.1 Å². The fourth-order valence-corrected chi connectivity index (χ4v) is 2.38. The highest BCUT2D eigenvalue weighted by Gasteiger charge is 2.31.